The van der Waals surface area contributed by atoms with Gasteiger partial charge in [0.15, 0.2) is 15.8 Å². The fourth-order valence-electron chi connectivity index (χ4n) is 3.06. The Morgan fingerprint density at radius 2 is 1.73 bits per heavy atom. The van der Waals surface area contributed by atoms with Crippen LogP contribution >= 0.6 is 24.0 Å². The second kappa shape index (κ2) is 8.85. The number of rotatable bonds is 5. The van der Waals surface area contributed by atoms with E-state index in [4.69, 9.17) is 5.73 Å². The molecule has 5 nitrogen and oxygen atoms in total. The molecule has 140 valence electrons. The lowest BCUT2D eigenvalue weighted by molar-refractivity contribution is 0.601. The summed E-state index contributed by atoms with van der Waals surface area (Å²) in [4.78, 5) is 4.35. The van der Waals surface area contributed by atoms with Crippen molar-refractivity contribution >= 4 is 45.5 Å². The van der Waals surface area contributed by atoms with Gasteiger partial charge in [0.25, 0.3) is 0 Å². The van der Waals surface area contributed by atoms with Crippen LogP contribution in [-0.2, 0) is 35.0 Å². The molecule has 3 rings (SSSR count). The zero-order valence-electron chi connectivity index (χ0n) is 14.7. The topological polar surface area (TPSA) is 84.5 Å². The van der Waals surface area contributed by atoms with E-state index in [2.05, 4.69) is 22.4 Å². The van der Waals surface area contributed by atoms with E-state index in [1.807, 2.05) is 30.3 Å². The first-order valence-corrected chi connectivity index (χ1v) is 10.4. The van der Waals surface area contributed by atoms with Crippen LogP contribution < -0.4 is 11.1 Å². The van der Waals surface area contributed by atoms with Crippen molar-refractivity contribution in [1.82, 2.24) is 0 Å². The van der Waals surface area contributed by atoms with Gasteiger partial charge in [0.1, 0.15) is 0 Å². The number of anilines is 1. The molecule has 26 heavy (non-hydrogen) atoms. The monoisotopic (exact) mass is 485 g/mol. The zero-order chi connectivity index (χ0) is 17.9. The molecule has 1 aliphatic rings. The number of nitrogens with two attached hydrogens (primary N) is 1. The number of hydrogen-bond donors (Lipinski definition) is 2. The van der Waals surface area contributed by atoms with Crippen LogP contribution in [0.15, 0.2) is 47.5 Å². The summed E-state index contributed by atoms with van der Waals surface area (Å²) in [6.07, 6.45) is 4.74. The number of nitrogens with zero attached hydrogens (tertiary/aromatic N) is 1. The van der Waals surface area contributed by atoms with Crippen molar-refractivity contribution < 1.29 is 8.42 Å². The average Bonchev–Trinajstić information content (AvgIpc) is 3.00. The third kappa shape index (κ3) is 5.98. The van der Waals surface area contributed by atoms with Gasteiger partial charge in [-0.05, 0) is 53.6 Å². The van der Waals surface area contributed by atoms with Gasteiger partial charge in [-0.3, -0.25) is 0 Å². The maximum atomic E-state index is 11.3. The molecule has 7 heteroatoms. The molecule has 0 unspecified atom stereocenters. The van der Waals surface area contributed by atoms with E-state index < -0.39 is 9.84 Å². The molecule has 0 bridgehead atoms. The van der Waals surface area contributed by atoms with Gasteiger partial charge in [-0.25, -0.2) is 13.4 Å². The molecule has 0 amide bonds. The molecule has 0 saturated heterocycles. The number of halogens is 1. The van der Waals surface area contributed by atoms with Crippen LogP contribution in [0.25, 0.3) is 0 Å². The van der Waals surface area contributed by atoms with Crippen LogP contribution in [0.5, 0.6) is 0 Å². The molecular weight excluding hydrogens is 461 g/mol. The largest absolute Gasteiger partial charge is 0.370 e. The van der Waals surface area contributed by atoms with Gasteiger partial charge in [-0.1, -0.05) is 30.3 Å². The molecule has 0 fully saturated rings. The summed E-state index contributed by atoms with van der Waals surface area (Å²) in [6.45, 7) is 0.447. The highest BCUT2D eigenvalue weighted by Crippen LogP contribution is 2.24. The van der Waals surface area contributed by atoms with Gasteiger partial charge >= 0.3 is 0 Å². The van der Waals surface area contributed by atoms with Crippen molar-refractivity contribution in [3.8, 4) is 0 Å². The van der Waals surface area contributed by atoms with Gasteiger partial charge in [-0.2, -0.15) is 0 Å². The highest BCUT2D eigenvalue weighted by molar-refractivity contribution is 14.0. The maximum Gasteiger partial charge on any atom is 0.193 e. The maximum absolute atomic E-state index is 11.3. The van der Waals surface area contributed by atoms with Gasteiger partial charge in [-0.15, -0.1) is 24.0 Å². The SMILES string of the molecule is CS(=O)(=O)Cc1ccc(CN=C(N)Nc2ccc3c(c2)CCC3)cc1.I. The molecule has 2 aromatic rings. The lowest BCUT2D eigenvalue weighted by Crippen LogP contribution is -2.22. The number of benzene rings is 2. The first-order chi connectivity index (χ1) is 11.9. The molecule has 0 radical (unpaired) electrons. The third-order valence-electron chi connectivity index (χ3n) is 4.25. The van der Waals surface area contributed by atoms with Crippen LogP contribution in [0.1, 0.15) is 28.7 Å². The van der Waals surface area contributed by atoms with E-state index in [0.717, 1.165) is 29.7 Å². The molecular formula is C19H24IN3O2S. The normalized spacial score (nSPS) is 13.8. The van der Waals surface area contributed by atoms with Gasteiger partial charge in [0.2, 0.25) is 0 Å². The molecule has 0 saturated carbocycles. The van der Waals surface area contributed by atoms with Crippen molar-refractivity contribution in [2.24, 2.45) is 10.7 Å². The van der Waals surface area contributed by atoms with Crippen molar-refractivity contribution in [1.29, 1.82) is 0 Å². The van der Waals surface area contributed by atoms with Gasteiger partial charge in [0, 0.05) is 11.9 Å². The highest BCUT2D eigenvalue weighted by Gasteiger charge is 2.10. The summed E-state index contributed by atoms with van der Waals surface area (Å²) in [5.41, 5.74) is 11.5. The highest BCUT2D eigenvalue weighted by atomic mass is 127. The second-order valence-corrected chi connectivity index (χ2v) is 8.69. The first kappa shape index (κ1) is 20.7. The average molecular weight is 485 g/mol. The molecule has 0 aliphatic heterocycles. The third-order valence-corrected chi connectivity index (χ3v) is 5.11. The molecule has 1 aliphatic carbocycles. The predicted molar refractivity (Wildman–Crippen MR) is 118 cm³/mol. The first-order valence-electron chi connectivity index (χ1n) is 8.33. The van der Waals surface area contributed by atoms with E-state index in [0.29, 0.717) is 12.5 Å². The quantitative estimate of drug-likeness (QED) is 0.387. The second-order valence-electron chi connectivity index (χ2n) is 6.55. The van der Waals surface area contributed by atoms with Crippen LogP contribution in [0, 0.1) is 0 Å². The minimum Gasteiger partial charge on any atom is -0.370 e. The molecule has 2 aromatic carbocycles. The van der Waals surface area contributed by atoms with Gasteiger partial charge in [0.05, 0.1) is 12.3 Å². The van der Waals surface area contributed by atoms with Crippen LogP contribution in [0.3, 0.4) is 0 Å². The fourth-order valence-corrected chi connectivity index (χ4v) is 3.86. The standard InChI is InChI=1S/C19H23N3O2S.HI/c1-25(23,24)13-15-7-5-14(6-8-15)12-21-19(20)22-18-10-9-16-3-2-4-17(16)11-18;/h5-11H,2-4,12-13H2,1H3,(H3,20,21,22);1H. The Hall–Kier alpha value is -1.61. The van der Waals surface area contributed by atoms with Gasteiger partial charge < -0.3 is 11.1 Å². The van der Waals surface area contributed by atoms with Crippen LogP contribution in [0.2, 0.25) is 0 Å². The molecule has 0 spiro atoms. The predicted octanol–water partition coefficient (Wildman–Crippen LogP) is 3.26. The Bertz CT molecular complexity index is 894. The van der Waals surface area contributed by atoms with E-state index in [1.165, 1.54) is 23.8 Å². The lowest BCUT2D eigenvalue weighted by atomic mass is 10.1. The molecule has 0 heterocycles. The van der Waals surface area contributed by atoms with E-state index >= 15 is 0 Å². The summed E-state index contributed by atoms with van der Waals surface area (Å²) in [6, 6.07) is 13.7. The molecule has 0 aromatic heterocycles. The Morgan fingerprint density at radius 3 is 2.42 bits per heavy atom. The molecule has 0 atom stereocenters. The minimum absolute atomic E-state index is 0. The Morgan fingerprint density at radius 1 is 1.08 bits per heavy atom. The van der Waals surface area contributed by atoms with Crippen molar-refractivity contribution in [2.45, 2.75) is 31.6 Å². The van der Waals surface area contributed by atoms with Crippen molar-refractivity contribution in [3.63, 3.8) is 0 Å². The summed E-state index contributed by atoms with van der Waals surface area (Å²) in [7, 11) is -3.01. The smallest absolute Gasteiger partial charge is 0.193 e. The number of aryl methyl sites for hydroxylation is 2. The van der Waals surface area contributed by atoms with Crippen molar-refractivity contribution in [3.05, 3.63) is 64.7 Å². The number of fused-ring (bicyclic) bond motifs is 1. The Kier molecular flexibility index (Phi) is 7.05. The number of guanidine groups is 1. The minimum atomic E-state index is -3.01. The summed E-state index contributed by atoms with van der Waals surface area (Å²) in [5, 5.41) is 3.13. The number of nitrogens with one attached hydrogen (secondary N) is 1. The van der Waals surface area contributed by atoms with Crippen LogP contribution in [0.4, 0.5) is 5.69 Å². The zero-order valence-corrected chi connectivity index (χ0v) is 17.9. The lowest BCUT2D eigenvalue weighted by Gasteiger charge is -2.08. The summed E-state index contributed by atoms with van der Waals surface area (Å²) < 4.78 is 22.6. The Balaban J connectivity index is 0.00000243. The fraction of sp³-hybridized carbons (Fsp3) is 0.316. The number of sulfone groups is 1. The van der Waals surface area contributed by atoms with Crippen LogP contribution in [-0.4, -0.2) is 20.6 Å². The van der Waals surface area contributed by atoms with E-state index in [1.54, 1.807) is 0 Å². The van der Waals surface area contributed by atoms with E-state index in [9.17, 15) is 8.42 Å². The summed E-state index contributed by atoms with van der Waals surface area (Å²) in [5.74, 6) is 0.427. The number of aliphatic imine (C=N–C) groups is 1. The van der Waals surface area contributed by atoms with E-state index in [-0.39, 0.29) is 29.7 Å². The van der Waals surface area contributed by atoms with Crippen molar-refractivity contribution in [2.75, 3.05) is 11.6 Å². The Labute approximate surface area is 172 Å². The summed E-state index contributed by atoms with van der Waals surface area (Å²) >= 11 is 0. The molecule has 3 N–H and O–H groups in total. The number of hydrogen-bond acceptors (Lipinski definition) is 3.